The molecule has 4 saturated carbocycles. The highest BCUT2D eigenvalue weighted by Crippen LogP contribution is 2.67. The largest absolute Gasteiger partial charge is 0.462 e. The minimum atomic E-state index is -1.64. The fraction of sp³-hybridized carbons (Fsp3) is 0.870. The lowest BCUT2D eigenvalue weighted by Gasteiger charge is -2.64. The Morgan fingerprint density at radius 3 is 2.38 bits per heavy atom. The fourth-order valence-electron chi connectivity index (χ4n) is 7.63. The second kappa shape index (κ2) is 6.79. The molecule has 0 aliphatic heterocycles. The molecule has 0 amide bonds. The van der Waals surface area contributed by atoms with Crippen LogP contribution in [0, 0.1) is 28.6 Å². The van der Waals surface area contributed by atoms with Crippen LogP contribution in [0.4, 0.5) is 0 Å². The van der Waals surface area contributed by atoms with Crippen molar-refractivity contribution in [2.24, 2.45) is 28.6 Å². The summed E-state index contributed by atoms with van der Waals surface area (Å²) < 4.78 is 11.5. The zero-order chi connectivity index (χ0) is 21.2. The minimum absolute atomic E-state index is 0.0321. The molecule has 8 atom stereocenters. The van der Waals surface area contributed by atoms with Gasteiger partial charge in [-0.3, -0.25) is 14.4 Å². The van der Waals surface area contributed by atoms with E-state index in [-0.39, 0.29) is 35.5 Å². The number of esters is 2. The highest BCUT2D eigenvalue weighted by molar-refractivity contribution is 5.91. The molecule has 0 spiro atoms. The first kappa shape index (κ1) is 20.8. The van der Waals surface area contributed by atoms with Gasteiger partial charge in [0.25, 0.3) is 0 Å². The van der Waals surface area contributed by atoms with Crippen molar-refractivity contribution < 1.29 is 29.0 Å². The lowest BCUT2D eigenvalue weighted by Crippen LogP contribution is -2.71. The van der Waals surface area contributed by atoms with Gasteiger partial charge in [-0.2, -0.15) is 0 Å². The monoisotopic (exact) mass is 406 g/mol. The minimum Gasteiger partial charge on any atom is -0.462 e. The molecule has 4 aliphatic rings. The first-order chi connectivity index (χ1) is 13.5. The molecule has 0 unspecified atom stereocenters. The van der Waals surface area contributed by atoms with Gasteiger partial charge in [0.05, 0.1) is 0 Å². The maximum absolute atomic E-state index is 13.2. The zero-order valence-corrected chi connectivity index (χ0v) is 18.0. The Morgan fingerprint density at radius 2 is 1.72 bits per heavy atom. The Labute approximate surface area is 172 Å². The number of fused-ring (bicyclic) bond motifs is 5. The summed E-state index contributed by atoms with van der Waals surface area (Å²) in [6, 6.07) is 0. The summed E-state index contributed by atoms with van der Waals surface area (Å²) in [5.41, 5.74) is -2.55. The van der Waals surface area contributed by atoms with Crippen LogP contribution in [0.1, 0.15) is 79.1 Å². The van der Waals surface area contributed by atoms with Crippen LogP contribution in [-0.2, 0) is 23.9 Å². The average molecular weight is 407 g/mol. The molecule has 4 aliphatic carbocycles. The normalized spacial score (nSPS) is 48.9. The summed E-state index contributed by atoms with van der Waals surface area (Å²) in [6.45, 7) is 6.93. The van der Waals surface area contributed by atoms with Gasteiger partial charge in [0, 0.05) is 31.6 Å². The molecule has 29 heavy (non-hydrogen) atoms. The second-order valence-corrected chi connectivity index (χ2v) is 10.4. The number of hydrogen-bond donors (Lipinski definition) is 1. The summed E-state index contributed by atoms with van der Waals surface area (Å²) in [7, 11) is 0. The number of carbonyl (C=O) groups excluding carboxylic acids is 3. The quantitative estimate of drug-likeness (QED) is 0.709. The van der Waals surface area contributed by atoms with Gasteiger partial charge in [-0.25, -0.2) is 0 Å². The van der Waals surface area contributed by atoms with E-state index in [1.54, 1.807) is 0 Å². The van der Waals surface area contributed by atoms with Crippen molar-refractivity contribution in [3.05, 3.63) is 0 Å². The predicted octanol–water partition coefficient (Wildman–Crippen LogP) is 3.19. The number of hydrogen-bond acceptors (Lipinski definition) is 6. The van der Waals surface area contributed by atoms with Crippen LogP contribution in [-0.4, -0.2) is 40.6 Å². The van der Waals surface area contributed by atoms with Gasteiger partial charge in [0.15, 0.2) is 5.78 Å². The molecule has 162 valence electrons. The molecule has 1 N–H and O–H groups in total. The highest BCUT2D eigenvalue weighted by Gasteiger charge is 2.74. The topological polar surface area (TPSA) is 89.9 Å². The van der Waals surface area contributed by atoms with Crippen molar-refractivity contribution in [1.82, 2.24) is 0 Å². The van der Waals surface area contributed by atoms with Crippen LogP contribution in [0.5, 0.6) is 0 Å². The van der Waals surface area contributed by atoms with Crippen molar-refractivity contribution in [3.63, 3.8) is 0 Å². The Bertz CT molecular complexity index is 733. The number of ketones is 1. The van der Waals surface area contributed by atoms with E-state index in [0.717, 1.165) is 25.7 Å². The third-order valence-corrected chi connectivity index (χ3v) is 9.10. The molecular formula is C23H34O6. The third kappa shape index (κ3) is 2.81. The van der Waals surface area contributed by atoms with Gasteiger partial charge >= 0.3 is 11.9 Å². The number of aliphatic hydroxyl groups is 1. The van der Waals surface area contributed by atoms with Gasteiger partial charge in [-0.1, -0.05) is 26.7 Å². The number of ether oxygens (including phenoxy) is 2. The average Bonchev–Trinajstić information content (AvgIpc) is 2.87. The number of rotatable bonds is 2. The van der Waals surface area contributed by atoms with Crippen molar-refractivity contribution in [2.45, 2.75) is 96.9 Å². The van der Waals surface area contributed by atoms with Crippen LogP contribution in [0.15, 0.2) is 0 Å². The van der Waals surface area contributed by atoms with E-state index < -0.39 is 29.1 Å². The van der Waals surface area contributed by atoms with Crippen molar-refractivity contribution >= 4 is 17.7 Å². The summed E-state index contributed by atoms with van der Waals surface area (Å²) >= 11 is 0. The van der Waals surface area contributed by atoms with Crippen LogP contribution in [0.25, 0.3) is 0 Å². The lowest BCUT2D eigenvalue weighted by atomic mass is 9.42. The Morgan fingerprint density at radius 1 is 1.03 bits per heavy atom. The van der Waals surface area contributed by atoms with E-state index in [1.807, 2.05) is 6.92 Å². The fourth-order valence-corrected chi connectivity index (χ4v) is 7.63. The molecular weight excluding hydrogens is 372 g/mol. The molecule has 0 heterocycles. The Hall–Kier alpha value is -1.43. The molecule has 6 heteroatoms. The zero-order valence-electron chi connectivity index (χ0n) is 18.0. The van der Waals surface area contributed by atoms with Crippen LogP contribution in [0.2, 0.25) is 0 Å². The van der Waals surface area contributed by atoms with Crippen LogP contribution < -0.4 is 0 Å². The molecule has 0 saturated heterocycles. The molecule has 0 bridgehead atoms. The molecule has 6 nitrogen and oxygen atoms in total. The first-order valence-corrected chi connectivity index (χ1v) is 11.1. The van der Waals surface area contributed by atoms with Gasteiger partial charge in [0.1, 0.15) is 17.8 Å². The standard InChI is InChI=1S/C23H34O6/c1-13(24)28-17-11-15-7-5-6-9-21(15,3)16-12-19(29-14(2)25)22(4)10-8-18(26)23(22,27)20(16)17/h15-17,19-20,27H,5-12H2,1-4H3/t15-,16-,17-,19+,20-,21+,22+,23+/m1/s1. The Kier molecular flexibility index (Phi) is 4.88. The van der Waals surface area contributed by atoms with E-state index in [2.05, 4.69) is 6.92 Å². The summed E-state index contributed by atoms with van der Waals surface area (Å²) in [5.74, 6) is -1.04. The van der Waals surface area contributed by atoms with Crippen molar-refractivity contribution in [1.29, 1.82) is 0 Å². The molecule has 4 fully saturated rings. The number of carbonyl (C=O) groups is 3. The smallest absolute Gasteiger partial charge is 0.302 e. The highest BCUT2D eigenvalue weighted by atomic mass is 16.6. The maximum atomic E-state index is 13.2. The summed E-state index contributed by atoms with van der Waals surface area (Å²) in [4.78, 5) is 37.0. The van der Waals surface area contributed by atoms with E-state index in [4.69, 9.17) is 9.47 Å². The Balaban J connectivity index is 1.85. The SMILES string of the molecule is CC(=O)O[C@H]1C[C@@H]2[C@H]([C@H](OC(C)=O)C[C@H]3CCCC[C@@]32C)[C@@]2(O)C(=O)CC[C@@]12C. The summed E-state index contributed by atoms with van der Waals surface area (Å²) in [6.07, 6.45) is 5.44. The van der Waals surface area contributed by atoms with Gasteiger partial charge in [-0.05, 0) is 49.4 Å². The van der Waals surface area contributed by atoms with Crippen molar-refractivity contribution in [2.75, 3.05) is 0 Å². The van der Waals surface area contributed by atoms with Crippen molar-refractivity contribution in [3.8, 4) is 0 Å². The number of Topliss-reactive ketones (excluding diaryl/α,β-unsaturated/α-hetero) is 1. The molecule has 0 aromatic rings. The van der Waals surface area contributed by atoms with E-state index in [0.29, 0.717) is 25.2 Å². The van der Waals surface area contributed by atoms with Crippen LogP contribution in [0.3, 0.4) is 0 Å². The van der Waals surface area contributed by atoms with Gasteiger partial charge in [0.2, 0.25) is 0 Å². The van der Waals surface area contributed by atoms with Gasteiger partial charge < -0.3 is 14.6 Å². The van der Waals surface area contributed by atoms with Crippen LogP contribution >= 0.6 is 0 Å². The molecule has 0 aromatic carbocycles. The predicted molar refractivity (Wildman–Crippen MR) is 105 cm³/mol. The van der Waals surface area contributed by atoms with Gasteiger partial charge in [-0.15, -0.1) is 0 Å². The molecule has 0 radical (unpaired) electrons. The van der Waals surface area contributed by atoms with E-state index in [9.17, 15) is 19.5 Å². The third-order valence-electron chi connectivity index (χ3n) is 9.10. The second-order valence-electron chi connectivity index (χ2n) is 10.4. The molecule has 0 aromatic heterocycles. The van der Waals surface area contributed by atoms with E-state index >= 15 is 0 Å². The lowest BCUT2D eigenvalue weighted by molar-refractivity contribution is -0.260. The van der Waals surface area contributed by atoms with E-state index in [1.165, 1.54) is 13.8 Å². The first-order valence-electron chi connectivity index (χ1n) is 11.1. The summed E-state index contributed by atoms with van der Waals surface area (Å²) in [5, 5.41) is 12.1. The molecule has 4 rings (SSSR count). The maximum Gasteiger partial charge on any atom is 0.302 e.